The van der Waals surface area contributed by atoms with Crippen molar-refractivity contribution in [3.05, 3.63) is 24.0 Å². The minimum atomic E-state index is -0.192. The van der Waals surface area contributed by atoms with E-state index >= 15 is 0 Å². The Bertz CT molecular complexity index is 334. The van der Waals surface area contributed by atoms with Gasteiger partial charge < -0.3 is 5.73 Å². The maximum Gasteiger partial charge on any atom is 0.124 e. The van der Waals surface area contributed by atoms with Crippen LogP contribution in [0.1, 0.15) is 32.1 Å². The first kappa shape index (κ1) is 10.8. The Balaban J connectivity index is 2.05. The van der Waals surface area contributed by atoms with E-state index < -0.39 is 0 Å². The number of anilines is 1. The van der Waals surface area contributed by atoms with Crippen molar-refractivity contribution >= 4 is 17.4 Å². The summed E-state index contributed by atoms with van der Waals surface area (Å²) < 4.78 is 13.0. The largest absolute Gasteiger partial charge is 0.398 e. The second-order valence-corrected chi connectivity index (χ2v) is 5.40. The first-order valence-electron chi connectivity index (χ1n) is 5.47. The maximum absolute atomic E-state index is 13.0. The predicted molar refractivity (Wildman–Crippen MR) is 63.5 cm³/mol. The van der Waals surface area contributed by atoms with Crippen molar-refractivity contribution < 1.29 is 4.39 Å². The van der Waals surface area contributed by atoms with Crippen molar-refractivity contribution in [2.45, 2.75) is 42.2 Å². The van der Waals surface area contributed by atoms with Gasteiger partial charge in [0.1, 0.15) is 5.82 Å². The van der Waals surface area contributed by atoms with E-state index in [-0.39, 0.29) is 5.82 Å². The second kappa shape index (κ2) is 4.88. The van der Waals surface area contributed by atoms with Crippen molar-refractivity contribution in [1.29, 1.82) is 0 Å². The van der Waals surface area contributed by atoms with E-state index in [1.54, 1.807) is 23.9 Å². The smallest absolute Gasteiger partial charge is 0.124 e. The van der Waals surface area contributed by atoms with Crippen LogP contribution in [0, 0.1) is 5.82 Å². The van der Waals surface area contributed by atoms with E-state index in [1.165, 1.54) is 38.2 Å². The summed E-state index contributed by atoms with van der Waals surface area (Å²) in [6.07, 6.45) is 6.41. The molecule has 1 aliphatic carbocycles. The van der Waals surface area contributed by atoms with Gasteiger partial charge in [-0.3, -0.25) is 0 Å². The third kappa shape index (κ3) is 2.88. The van der Waals surface area contributed by atoms with Crippen LogP contribution in [-0.2, 0) is 0 Å². The fourth-order valence-electron chi connectivity index (χ4n) is 1.97. The van der Waals surface area contributed by atoms with Crippen LogP contribution in [0.15, 0.2) is 23.1 Å². The SMILES string of the molecule is Nc1ccc(F)cc1SC1CCCCC1. The molecule has 1 fully saturated rings. The van der Waals surface area contributed by atoms with Gasteiger partial charge in [-0.2, -0.15) is 0 Å². The standard InChI is InChI=1S/C12H16FNS/c13-9-6-7-11(14)12(8-9)15-10-4-2-1-3-5-10/h6-8,10H,1-5,14H2. The molecule has 15 heavy (non-hydrogen) atoms. The molecule has 0 saturated heterocycles. The normalized spacial score (nSPS) is 17.9. The van der Waals surface area contributed by atoms with Crippen LogP contribution in [0.2, 0.25) is 0 Å². The summed E-state index contributed by atoms with van der Waals surface area (Å²) in [5.74, 6) is -0.192. The minimum Gasteiger partial charge on any atom is -0.398 e. The quantitative estimate of drug-likeness (QED) is 0.774. The monoisotopic (exact) mass is 225 g/mol. The molecule has 82 valence electrons. The molecule has 1 aromatic carbocycles. The average Bonchev–Trinajstić information content (AvgIpc) is 2.25. The molecule has 0 spiro atoms. The molecule has 1 aromatic rings. The van der Waals surface area contributed by atoms with Crippen LogP contribution in [0.5, 0.6) is 0 Å². The molecule has 0 unspecified atom stereocenters. The molecule has 1 nitrogen and oxygen atoms in total. The predicted octanol–water partition coefficient (Wildman–Crippen LogP) is 3.83. The van der Waals surface area contributed by atoms with E-state index in [9.17, 15) is 4.39 Å². The fraction of sp³-hybridized carbons (Fsp3) is 0.500. The van der Waals surface area contributed by atoms with Gasteiger partial charge in [-0.15, -0.1) is 11.8 Å². The lowest BCUT2D eigenvalue weighted by molar-refractivity contribution is 0.516. The van der Waals surface area contributed by atoms with Gasteiger partial charge in [0, 0.05) is 15.8 Å². The van der Waals surface area contributed by atoms with Crippen LogP contribution in [0.4, 0.5) is 10.1 Å². The first-order chi connectivity index (χ1) is 7.25. The molecule has 0 aromatic heterocycles. The highest BCUT2D eigenvalue weighted by Crippen LogP contribution is 2.36. The summed E-state index contributed by atoms with van der Waals surface area (Å²) in [5, 5.41) is 0.628. The Hall–Kier alpha value is -0.700. The van der Waals surface area contributed by atoms with Crippen molar-refractivity contribution in [3.8, 4) is 0 Å². The number of rotatable bonds is 2. The molecule has 0 amide bonds. The van der Waals surface area contributed by atoms with Crippen molar-refractivity contribution in [3.63, 3.8) is 0 Å². The van der Waals surface area contributed by atoms with E-state index in [0.717, 1.165) is 4.90 Å². The maximum atomic E-state index is 13.0. The molecule has 2 rings (SSSR count). The molecule has 1 aliphatic rings. The lowest BCUT2D eigenvalue weighted by atomic mass is 10.0. The Labute approximate surface area is 94.2 Å². The third-order valence-corrected chi connectivity index (χ3v) is 4.23. The zero-order chi connectivity index (χ0) is 10.7. The van der Waals surface area contributed by atoms with Gasteiger partial charge in [0.2, 0.25) is 0 Å². The highest BCUT2D eigenvalue weighted by atomic mass is 32.2. The molecule has 0 atom stereocenters. The van der Waals surface area contributed by atoms with Crippen LogP contribution < -0.4 is 5.73 Å². The number of nitrogens with two attached hydrogens (primary N) is 1. The van der Waals surface area contributed by atoms with Gasteiger partial charge in [-0.1, -0.05) is 19.3 Å². The van der Waals surface area contributed by atoms with Gasteiger partial charge in [-0.05, 0) is 31.0 Å². The summed E-state index contributed by atoms with van der Waals surface area (Å²) in [6, 6.07) is 4.62. The molecule has 1 saturated carbocycles. The van der Waals surface area contributed by atoms with Gasteiger partial charge >= 0.3 is 0 Å². The van der Waals surface area contributed by atoms with E-state index in [4.69, 9.17) is 5.73 Å². The Morgan fingerprint density at radius 1 is 1.20 bits per heavy atom. The topological polar surface area (TPSA) is 26.0 Å². The fourth-order valence-corrected chi connectivity index (χ4v) is 3.29. The lowest BCUT2D eigenvalue weighted by Gasteiger charge is -2.21. The second-order valence-electron chi connectivity index (χ2n) is 4.06. The molecule has 0 bridgehead atoms. The van der Waals surface area contributed by atoms with Gasteiger partial charge in [-0.25, -0.2) is 4.39 Å². The van der Waals surface area contributed by atoms with Crippen LogP contribution in [0.25, 0.3) is 0 Å². The number of nitrogen functional groups attached to an aromatic ring is 1. The third-order valence-electron chi connectivity index (χ3n) is 2.82. The molecule has 0 radical (unpaired) electrons. The van der Waals surface area contributed by atoms with Crippen molar-refractivity contribution in [1.82, 2.24) is 0 Å². The van der Waals surface area contributed by atoms with Gasteiger partial charge in [0.25, 0.3) is 0 Å². The van der Waals surface area contributed by atoms with Gasteiger partial charge in [0.05, 0.1) is 0 Å². The zero-order valence-corrected chi connectivity index (χ0v) is 9.52. The summed E-state index contributed by atoms with van der Waals surface area (Å²) in [5.41, 5.74) is 6.52. The number of thioether (sulfide) groups is 1. The first-order valence-corrected chi connectivity index (χ1v) is 6.35. The summed E-state index contributed by atoms with van der Waals surface area (Å²) >= 11 is 1.74. The highest BCUT2D eigenvalue weighted by molar-refractivity contribution is 8.00. The average molecular weight is 225 g/mol. The Morgan fingerprint density at radius 2 is 1.93 bits per heavy atom. The lowest BCUT2D eigenvalue weighted by Crippen LogP contribution is -2.08. The van der Waals surface area contributed by atoms with Crippen molar-refractivity contribution in [2.75, 3.05) is 5.73 Å². The van der Waals surface area contributed by atoms with E-state index in [0.29, 0.717) is 10.9 Å². The number of hydrogen-bond donors (Lipinski definition) is 1. The van der Waals surface area contributed by atoms with Crippen molar-refractivity contribution in [2.24, 2.45) is 0 Å². The molecule has 0 aliphatic heterocycles. The summed E-state index contributed by atoms with van der Waals surface area (Å²) in [4.78, 5) is 0.905. The molecular weight excluding hydrogens is 209 g/mol. The molecule has 0 heterocycles. The van der Waals surface area contributed by atoms with E-state index in [1.807, 2.05) is 0 Å². The summed E-state index contributed by atoms with van der Waals surface area (Å²) in [7, 11) is 0. The number of halogens is 1. The number of benzene rings is 1. The minimum absolute atomic E-state index is 0.192. The van der Waals surface area contributed by atoms with Crippen LogP contribution >= 0.6 is 11.8 Å². The molecule has 3 heteroatoms. The summed E-state index contributed by atoms with van der Waals surface area (Å²) in [6.45, 7) is 0. The van der Waals surface area contributed by atoms with Crippen LogP contribution in [0.3, 0.4) is 0 Å². The Kier molecular flexibility index (Phi) is 3.52. The Morgan fingerprint density at radius 3 is 2.67 bits per heavy atom. The van der Waals surface area contributed by atoms with Gasteiger partial charge in [0.15, 0.2) is 0 Å². The van der Waals surface area contributed by atoms with Crippen LogP contribution in [-0.4, -0.2) is 5.25 Å². The molecule has 2 N–H and O–H groups in total. The van der Waals surface area contributed by atoms with E-state index in [2.05, 4.69) is 0 Å². The zero-order valence-electron chi connectivity index (χ0n) is 8.71. The highest BCUT2D eigenvalue weighted by Gasteiger charge is 2.15. The molecular formula is C12H16FNS. The number of hydrogen-bond acceptors (Lipinski definition) is 2.